The highest BCUT2D eigenvalue weighted by atomic mass is 32.2. The summed E-state index contributed by atoms with van der Waals surface area (Å²) in [5.74, 6) is -0.0122. The maximum atomic E-state index is 12.8. The van der Waals surface area contributed by atoms with Crippen LogP contribution in [0.5, 0.6) is 0 Å². The lowest BCUT2D eigenvalue weighted by atomic mass is 10.1. The summed E-state index contributed by atoms with van der Waals surface area (Å²) in [5.41, 5.74) is 0.859. The van der Waals surface area contributed by atoms with E-state index in [0.717, 1.165) is 12.8 Å². The Hall–Kier alpha value is -1.81. The molecule has 1 aromatic rings. The summed E-state index contributed by atoms with van der Waals surface area (Å²) in [5, 5.41) is 8.95. The molecule has 0 radical (unpaired) electrons. The van der Waals surface area contributed by atoms with Gasteiger partial charge in [0, 0.05) is 25.8 Å². The highest BCUT2D eigenvalue weighted by molar-refractivity contribution is 7.91. The summed E-state index contributed by atoms with van der Waals surface area (Å²) in [6.07, 6.45) is 3.86. The SMILES string of the molecule is CCCCN(C(=O)c1cc(C#N)cn1C)[C@H]1CCS(=O)(=O)C1. The van der Waals surface area contributed by atoms with Crippen LogP contribution in [0.2, 0.25) is 0 Å². The number of nitriles is 1. The number of hydrogen-bond acceptors (Lipinski definition) is 4. The van der Waals surface area contributed by atoms with Crippen molar-refractivity contribution in [2.45, 2.75) is 32.2 Å². The Morgan fingerprint density at radius 1 is 1.55 bits per heavy atom. The lowest BCUT2D eigenvalue weighted by Crippen LogP contribution is -2.42. The van der Waals surface area contributed by atoms with E-state index in [1.807, 2.05) is 13.0 Å². The average molecular weight is 323 g/mol. The van der Waals surface area contributed by atoms with Crippen LogP contribution in [-0.2, 0) is 16.9 Å². The Labute approximate surface area is 131 Å². The molecule has 0 bridgehead atoms. The monoisotopic (exact) mass is 323 g/mol. The van der Waals surface area contributed by atoms with Crippen LogP contribution < -0.4 is 0 Å². The van der Waals surface area contributed by atoms with Crippen molar-refractivity contribution in [2.24, 2.45) is 7.05 Å². The number of carbonyl (C=O) groups excluding carboxylic acids is 1. The van der Waals surface area contributed by atoms with E-state index in [1.165, 1.54) is 0 Å². The molecule has 1 saturated heterocycles. The van der Waals surface area contributed by atoms with Crippen molar-refractivity contribution >= 4 is 15.7 Å². The maximum absolute atomic E-state index is 12.8. The number of aromatic nitrogens is 1. The first-order chi connectivity index (χ1) is 10.4. The third kappa shape index (κ3) is 3.50. The molecule has 22 heavy (non-hydrogen) atoms. The lowest BCUT2D eigenvalue weighted by Gasteiger charge is -2.28. The third-order valence-electron chi connectivity index (χ3n) is 4.02. The first kappa shape index (κ1) is 16.6. The van der Waals surface area contributed by atoms with Crippen molar-refractivity contribution in [3.05, 3.63) is 23.5 Å². The van der Waals surface area contributed by atoms with Crippen molar-refractivity contribution in [1.82, 2.24) is 9.47 Å². The van der Waals surface area contributed by atoms with Crippen LogP contribution in [0.15, 0.2) is 12.3 Å². The number of amides is 1. The fourth-order valence-electron chi connectivity index (χ4n) is 2.79. The van der Waals surface area contributed by atoms with Gasteiger partial charge in [0.1, 0.15) is 11.8 Å². The Kier molecular flexibility index (Phi) is 4.91. The van der Waals surface area contributed by atoms with Gasteiger partial charge >= 0.3 is 0 Å². The van der Waals surface area contributed by atoms with Crippen LogP contribution >= 0.6 is 0 Å². The van der Waals surface area contributed by atoms with Crippen LogP contribution in [0, 0.1) is 11.3 Å². The zero-order valence-electron chi connectivity index (χ0n) is 12.9. The van der Waals surface area contributed by atoms with Gasteiger partial charge in [0.25, 0.3) is 5.91 Å². The molecule has 1 aliphatic rings. The van der Waals surface area contributed by atoms with E-state index in [2.05, 4.69) is 0 Å². The highest BCUT2D eigenvalue weighted by Crippen LogP contribution is 2.21. The number of aryl methyl sites for hydroxylation is 1. The van der Waals surface area contributed by atoms with Crippen molar-refractivity contribution < 1.29 is 13.2 Å². The minimum Gasteiger partial charge on any atom is -0.345 e. The van der Waals surface area contributed by atoms with E-state index in [1.54, 1.807) is 28.8 Å². The van der Waals surface area contributed by atoms with Crippen molar-refractivity contribution in [2.75, 3.05) is 18.1 Å². The summed E-state index contributed by atoms with van der Waals surface area (Å²) in [6, 6.07) is 3.32. The predicted molar refractivity (Wildman–Crippen MR) is 83.1 cm³/mol. The fourth-order valence-corrected chi connectivity index (χ4v) is 4.52. The molecule has 0 aliphatic carbocycles. The largest absolute Gasteiger partial charge is 0.345 e. The second-order valence-electron chi connectivity index (χ2n) is 5.75. The summed E-state index contributed by atoms with van der Waals surface area (Å²) < 4.78 is 25.0. The maximum Gasteiger partial charge on any atom is 0.270 e. The fraction of sp³-hybridized carbons (Fsp3) is 0.600. The molecule has 0 spiro atoms. The zero-order chi connectivity index (χ0) is 16.3. The molecule has 2 rings (SSSR count). The van der Waals surface area contributed by atoms with Crippen LogP contribution in [0.1, 0.15) is 42.2 Å². The Bertz CT molecular complexity index is 700. The normalized spacial score (nSPS) is 19.8. The van der Waals surface area contributed by atoms with Crippen LogP contribution in [0.25, 0.3) is 0 Å². The molecule has 1 fully saturated rings. The molecule has 6 nitrogen and oxygen atoms in total. The van der Waals surface area contributed by atoms with Gasteiger partial charge in [0.05, 0.1) is 17.1 Å². The van der Waals surface area contributed by atoms with Crippen molar-refractivity contribution in [1.29, 1.82) is 5.26 Å². The molecule has 1 aliphatic heterocycles. The Morgan fingerprint density at radius 3 is 2.77 bits per heavy atom. The molecule has 1 atom stereocenters. The number of hydrogen-bond donors (Lipinski definition) is 0. The van der Waals surface area contributed by atoms with Crippen LogP contribution in [0.3, 0.4) is 0 Å². The molecule has 0 saturated carbocycles. The number of carbonyl (C=O) groups is 1. The molecule has 120 valence electrons. The smallest absolute Gasteiger partial charge is 0.270 e. The molecular weight excluding hydrogens is 302 g/mol. The molecule has 0 aromatic carbocycles. The van der Waals surface area contributed by atoms with Gasteiger partial charge in [-0.1, -0.05) is 13.3 Å². The first-order valence-corrected chi connectivity index (χ1v) is 9.28. The minimum atomic E-state index is -3.04. The summed E-state index contributed by atoms with van der Waals surface area (Å²) in [7, 11) is -1.32. The van der Waals surface area contributed by atoms with E-state index < -0.39 is 9.84 Å². The van der Waals surface area contributed by atoms with E-state index in [9.17, 15) is 13.2 Å². The summed E-state index contributed by atoms with van der Waals surface area (Å²) in [4.78, 5) is 14.5. The quantitative estimate of drug-likeness (QED) is 0.818. The number of unbranched alkanes of at least 4 members (excludes halogenated alkanes) is 1. The Morgan fingerprint density at radius 2 is 2.27 bits per heavy atom. The van der Waals surface area contributed by atoms with Gasteiger partial charge in [0.15, 0.2) is 9.84 Å². The van der Waals surface area contributed by atoms with E-state index in [4.69, 9.17) is 5.26 Å². The minimum absolute atomic E-state index is 0.0397. The second-order valence-corrected chi connectivity index (χ2v) is 7.97. The lowest BCUT2D eigenvalue weighted by molar-refractivity contribution is 0.0684. The molecular formula is C15H21N3O3S. The van der Waals surface area contributed by atoms with E-state index in [0.29, 0.717) is 24.2 Å². The molecule has 7 heteroatoms. The predicted octanol–water partition coefficient (Wildman–Crippen LogP) is 1.33. The number of sulfone groups is 1. The average Bonchev–Trinajstić information content (AvgIpc) is 3.01. The van der Waals surface area contributed by atoms with Gasteiger partial charge in [0.2, 0.25) is 0 Å². The van der Waals surface area contributed by atoms with E-state index in [-0.39, 0.29) is 23.5 Å². The Balaban J connectivity index is 2.26. The topological polar surface area (TPSA) is 83.2 Å². The van der Waals surface area contributed by atoms with Crippen LogP contribution in [0.4, 0.5) is 0 Å². The van der Waals surface area contributed by atoms with E-state index >= 15 is 0 Å². The molecule has 0 N–H and O–H groups in total. The molecule has 0 unspecified atom stereocenters. The summed E-state index contributed by atoms with van der Waals surface area (Å²) >= 11 is 0. The van der Waals surface area contributed by atoms with Crippen LogP contribution in [-0.4, -0.2) is 47.9 Å². The first-order valence-electron chi connectivity index (χ1n) is 7.46. The standard InChI is InChI=1S/C15H21N3O3S/c1-3-4-6-18(13-5-7-22(20,21)11-13)15(19)14-8-12(9-16)10-17(14)2/h8,10,13H,3-7,11H2,1-2H3/t13-/m0/s1. The van der Waals surface area contributed by atoms with Crippen molar-refractivity contribution in [3.63, 3.8) is 0 Å². The van der Waals surface area contributed by atoms with Gasteiger partial charge in [-0.25, -0.2) is 8.42 Å². The highest BCUT2D eigenvalue weighted by Gasteiger charge is 2.35. The van der Waals surface area contributed by atoms with Gasteiger partial charge in [-0.15, -0.1) is 0 Å². The molecule has 2 heterocycles. The van der Waals surface area contributed by atoms with Crippen molar-refractivity contribution in [3.8, 4) is 6.07 Å². The number of rotatable bonds is 5. The van der Waals surface area contributed by atoms with Gasteiger partial charge < -0.3 is 9.47 Å². The molecule has 1 amide bonds. The second kappa shape index (κ2) is 6.53. The molecule has 1 aromatic heterocycles. The van der Waals surface area contributed by atoms with Gasteiger partial charge in [-0.2, -0.15) is 5.26 Å². The number of nitrogens with zero attached hydrogens (tertiary/aromatic N) is 3. The zero-order valence-corrected chi connectivity index (χ0v) is 13.8. The van der Waals surface area contributed by atoms with Gasteiger partial charge in [-0.05, 0) is 18.9 Å². The summed E-state index contributed by atoms with van der Waals surface area (Å²) in [6.45, 7) is 2.58. The van der Waals surface area contributed by atoms with Gasteiger partial charge in [-0.3, -0.25) is 4.79 Å². The third-order valence-corrected chi connectivity index (χ3v) is 5.77.